The number of H-pyrrole nitrogens is 1. The fourth-order valence-corrected chi connectivity index (χ4v) is 3.53. The van der Waals surface area contributed by atoms with Crippen molar-refractivity contribution in [2.45, 2.75) is 0 Å². The fourth-order valence-electron chi connectivity index (χ4n) is 2.71. The van der Waals surface area contributed by atoms with Crippen LogP contribution in [-0.2, 0) is 4.79 Å². The van der Waals surface area contributed by atoms with Gasteiger partial charge in [-0.1, -0.05) is 30.3 Å². The van der Waals surface area contributed by atoms with Gasteiger partial charge in [0.25, 0.3) is 5.91 Å². The first-order valence-corrected chi connectivity index (χ1v) is 8.61. The standard InChI is InChI=1S/C19H13N3O3S/c23-17-16(9-11-10-20-14-7-3-1-5-12(11)14)26-19(22-17)21-15-8-4-2-6-13(15)18(24)25/h1-10,20H,(H,24,25)(H,21,22,23)/b16-9+. The highest BCUT2D eigenvalue weighted by Crippen LogP contribution is 2.31. The Morgan fingerprint density at radius 3 is 2.77 bits per heavy atom. The van der Waals surface area contributed by atoms with Crippen molar-refractivity contribution in [3.8, 4) is 0 Å². The molecule has 2 aromatic carbocycles. The molecule has 0 saturated carbocycles. The summed E-state index contributed by atoms with van der Waals surface area (Å²) in [4.78, 5) is 31.1. The highest BCUT2D eigenvalue weighted by Gasteiger charge is 2.23. The number of hydrogen-bond donors (Lipinski definition) is 3. The molecule has 1 aromatic heterocycles. The zero-order chi connectivity index (χ0) is 18.1. The predicted octanol–water partition coefficient (Wildman–Crippen LogP) is 3.95. The molecule has 1 amide bonds. The molecule has 1 aliphatic rings. The van der Waals surface area contributed by atoms with Crippen molar-refractivity contribution in [3.05, 3.63) is 70.8 Å². The molecule has 4 rings (SSSR count). The van der Waals surface area contributed by atoms with Crippen LogP contribution in [0.2, 0.25) is 0 Å². The normalized spacial score (nSPS) is 15.5. The number of aromatic nitrogens is 1. The summed E-state index contributed by atoms with van der Waals surface area (Å²) in [6.07, 6.45) is 3.63. The first-order chi connectivity index (χ1) is 12.6. The molecule has 3 aromatic rings. The number of nitrogens with one attached hydrogen (secondary N) is 2. The Hall–Kier alpha value is -3.32. The quantitative estimate of drug-likeness (QED) is 0.613. The number of aromatic carboxylic acids is 1. The van der Waals surface area contributed by atoms with Gasteiger partial charge in [0.05, 0.1) is 16.2 Å². The van der Waals surface area contributed by atoms with Crippen LogP contribution in [0, 0.1) is 0 Å². The van der Waals surface area contributed by atoms with Crippen LogP contribution in [0.4, 0.5) is 5.69 Å². The molecule has 0 spiro atoms. The minimum Gasteiger partial charge on any atom is -0.478 e. The minimum atomic E-state index is -1.04. The van der Waals surface area contributed by atoms with E-state index in [-0.39, 0.29) is 11.5 Å². The number of carboxylic acid groups (broad SMARTS) is 1. The molecule has 0 fully saturated rings. The van der Waals surface area contributed by atoms with E-state index in [1.807, 2.05) is 30.5 Å². The van der Waals surface area contributed by atoms with E-state index >= 15 is 0 Å². The molecule has 2 heterocycles. The van der Waals surface area contributed by atoms with Gasteiger partial charge in [-0.3, -0.25) is 4.79 Å². The van der Waals surface area contributed by atoms with Crippen molar-refractivity contribution in [3.63, 3.8) is 0 Å². The third-order valence-electron chi connectivity index (χ3n) is 3.93. The molecule has 1 aliphatic heterocycles. The Morgan fingerprint density at radius 2 is 1.92 bits per heavy atom. The van der Waals surface area contributed by atoms with E-state index in [0.717, 1.165) is 16.5 Å². The van der Waals surface area contributed by atoms with Gasteiger partial charge in [-0.05, 0) is 36.0 Å². The lowest BCUT2D eigenvalue weighted by molar-refractivity contribution is -0.113. The number of hydrogen-bond acceptors (Lipinski definition) is 4. The molecular formula is C19H13N3O3S. The number of carbonyl (C=O) groups is 2. The zero-order valence-corrected chi connectivity index (χ0v) is 14.2. The Labute approximate surface area is 152 Å². The van der Waals surface area contributed by atoms with E-state index in [4.69, 9.17) is 0 Å². The fraction of sp³-hybridized carbons (Fsp3) is 0. The number of anilines is 1. The van der Waals surface area contributed by atoms with Crippen LogP contribution >= 0.6 is 11.8 Å². The van der Waals surface area contributed by atoms with Crippen molar-refractivity contribution in [2.75, 3.05) is 5.32 Å². The maximum atomic E-state index is 12.2. The second-order valence-corrected chi connectivity index (χ2v) is 6.63. The van der Waals surface area contributed by atoms with Crippen molar-refractivity contribution < 1.29 is 14.7 Å². The third kappa shape index (κ3) is 3.00. The Bertz CT molecular complexity index is 1100. The molecule has 0 radical (unpaired) electrons. The summed E-state index contributed by atoms with van der Waals surface area (Å²) in [5.74, 6) is -1.40. The highest BCUT2D eigenvalue weighted by molar-refractivity contribution is 8.18. The number of aliphatic imine (C=N–C) groups is 1. The van der Waals surface area contributed by atoms with E-state index in [2.05, 4.69) is 15.3 Å². The molecule has 0 saturated heterocycles. The Kier molecular flexibility index (Phi) is 4.06. The SMILES string of the molecule is O=C1N=C(Nc2ccccc2C(=O)O)S/C1=C/c1c[nH]c2ccccc12. The maximum absolute atomic E-state index is 12.2. The minimum absolute atomic E-state index is 0.123. The van der Waals surface area contributed by atoms with Gasteiger partial charge in [-0.2, -0.15) is 4.99 Å². The van der Waals surface area contributed by atoms with E-state index in [1.54, 1.807) is 24.3 Å². The van der Waals surface area contributed by atoms with Gasteiger partial charge in [0.2, 0.25) is 0 Å². The van der Waals surface area contributed by atoms with Crippen LogP contribution in [0.25, 0.3) is 17.0 Å². The average molecular weight is 363 g/mol. The lowest BCUT2D eigenvalue weighted by atomic mass is 10.1. The van der Waals surface area contributed by atoms with E-state index in [1.165, 1.54) is 17.8 Å². The summed E-state index contributed by atoms with van der Waals surface area (Å²) in [5.41, 5.74) is 2.41. The maximum Gasteiger partial charge on any atom is 0.337 e. The second-order valence-electron chi connectivity index (χ2n) is 5.60. The van der Waals surface area contributed by atoms with Crippen molar-refractivity contribution in [1.29, 1.82) is 0 Å². The van der Waals surface area contributed by atoms with E-state index < -0.39 is 5.97 Å². The number of nitrogens with zero attached hydrogens (tertiary/aromatic N) is 1. The molecule has 6 nitrogen and oxygen atoms in total. The summed E-state index contributed by atoms with van der Waals surface area (Å²) in [5, 5.41) is 13.6. The van der Waals surface area contributed by atoms with Crippen LogP contribution in [0.1, 0.15) is 15.9 Å². The van der Waals surface area contributed by atoms with E-state index in [9.17, 15) is 14.7 Å². The van der Waals surface area contributed by atoms with Gasteiger partial charge in [0.1, 0.15) is 0 Å². The van der Waals surface area contributed by atoms with Gasteiger partial charge < -0.3 is 15.4 Å². The largest absolute Gasteiger partial charge is 0.478 e. The van der Waals surface area contributed by atoms with Crippen LogP contribution in [0.5, 0.6) is 0 Å². The zero-order valence-electron chi connectivity index (χ0n) is 13.4. The smallest absolute Gasteiger partial charge is 0.337 e. The number of amides is 1. The number of amidine groups is 1. The van der Waals surface area contributed by atoms with Crippen molar-refractivity contribution in [2.24, 2.45) is 4.99 Å². The molecule has 3 N–H and O–H groups in total. The molecule has 0 aliphatic carbocycles. The van der Waals surface area contributed by atoms with Gasteiger partial charge in [0.15, 0.2) is 5.17 Å². The lowest BCUT2D eigenvalue weighted by Crippen LogP contribution is -2.09. The number of fused-ring (bicyclic) bond motifs is 1. The average Bonchev–Trinajstić information content (AvgIpc) is 3.19. The van der Waals surface area contributed by atoms with Crippen LogP contribution in [0.3, 0.4) is 0 Å². The van der Waals surface area contributed by atoms with E-state index in [0.29, 0.717) is 15.8 Å². The van der Waals surface area contributed by atoms with Gasteiger partial charge in [-0.25, -0.2) is 4.79 Å². The molecule has 128 valence electrons. The molecular weight excluding hydrogens is 350 g/mol. The van der Waals surface area contributed by atoms with Crippen LogP contribution in [0.15, 0.2) is 64.6 Å². The number of carboxylic acids is 1. The Morgan fingerprint density at radius 1 is 1.15 bits per heavy atom. The molecule has 0 unspecified atom stereocenters. The number of aromatic amines is 1. The van der Waals surface area contributed by atoms with Gasteiger partial charge in [0, 0.05) is 22.7 Å². The first kappa shape index (κ1) is 16.2. The number of carbonyl (C=O) groups excluding carboxylic acids is 1. The van der Waals surface area contributed by atoms with Crippen molar-refractivity contribution in [1.82, 2.24) is 4.98 Å². The lowest BCUT2D eigenvalue weighted by Gasteiger charge is -2.07. The highest BCUT2D eigenvalue weighted by atomic mass is 32.2. The number of para-hydroxylation sites is 2. The summed E-state index contributed by atoms with van der Waals surface area (Å²) in [7, 11) is 0. The number of rotatable bonds is 3. The molecule has 0 atom stereocenters. The summed E-state index contributed by atoms with van der Waals surface area (Å²) < 4.78 is 0. The van der Waals surface area contributed by atoms with Gasteiger partial charge in [-0.15, -0.1) is 0 Å². The second kappa shape index (κ2) is 6.53. The Balaban J connectivity index is 1.59. The van der Waals surface area contributed by atoms with Crippen LogP contribution in [-0.4, -0.2) is 27.1 Å². The predicted molar refractivity (Wildman–Crippen MR) is 103 cm³/mol. The summed E-state index contributed by atoms with van der Waals surface area (Å²) >= 11 is 1.18. The van der Waals surface area contributed by atoms with Gasteiger partial charge >= 0.3 is 5.97 Å². The number of thioether (sulfide) groups is 1. The third-order valence-corrected chi connectivity index (χ3v) is 4.83. The monoisotopic (exact) mass is 363 g/mol. The molecule has 0 bridgehead atoms. The summed E-state index contributed by atoms with van der Waals surface area (Å²) in [6, 6.07) is 14.3. The van der Waals surface area contributed by atoms with Crippen LogP contribution < -0.4 is 5.32 Å². The first-order valence-electron chi connectivity index (χ1n) is 7.80. The summed E-state index contributed by atoms with van der Waals surface area (Å²) in [6.45, 7) is 0. The number of benzene rings is 2. The topological polar surface area (TPSA) is 94.6 Å². The van der Waals surface area contributed by atoms with Crippen molar-refractivity contribution >= 4 is 51.5 Å². The molecule has 7 heteroatoms. The molecule has 26 heavy (non-hydrogen) atoms.